The SMILES string of the molecule is CC(C)=CCN1CCC2(CC1)CN(C(=O)Cc1ccccc1)CC2C(=O)O. The Balaban J connectivity index is 1.66. The normalized spacial score (nSPS) is 22.0. The molecule has 0 saturated carbocycles. The Morgan fingerprint density at radius 3 is 2.44 bits per heavy atom. The second-order valence-electron chi connectivity index (χ2n) is 8.27. The predicted octanol–water partition coefficient (Wildman–Crippen LogP) is 2.82. The van der Waals surface area contributed by atoms with Crippen molar-refractivity contribution >= 4 is 11.9 Å². The van der Waals surface area contributed by atoms with Gasteiger partial charge in [0.05, 0.1) is 12.3 Å². The molecule has 2 aliphatic rings. The fraction of sp³-hybridized carbons (Fsp3) is 0.545. The lowest BCUT2D eigenvalue weighted by molar-refractivity contribution is -0.145. The van der Waals surface area contributed by atoms with Crippen molar-refractivity contribution in [1.29, 1.82) is 0 Å². The average Bonchev–Trinajstić information content (AvgIpc) is 3.02. The van der Waals surface area contributed by atoms with Gasteiger partial charge in [-0.05, 0) is 45.3 Å². The number of likely N-dealkylation sites (tertiary alicyclic amines) is 2. The molecule has 2 heterocycles. The van der Waals surface area contributed by atoms with Gasteiger partial charge in [-0.25, -0.2) is 0 Å². The standard InChI is InChI=1S/C22H30N2O3/c1-17(2)8-11-23-12-9-22(10-13-23)16-24(15-19(22)21(26)27)20(25)14-18-6-4-3-5-7-18/h3-8,19H,9-16H2,1-2H3,(H,26,27). The molecule has 5 heteroatoms. The summed E-state index contributed by atoms with van der Waals surface area (Å²) in [6.45, 7) is 7.83. The van der Waals surface area contributed by atoms with Gasteiger partial charge in [-0.1, -0.05) is 42.0 Å². The van der Waals surface area contributed by atoms with Crippen LogP contribution in [0.2, 0.25) is 0 Å². The highest BCUT2D eigenvalue weighted by Crippen LogP contribution is 2.45. The molecule has 1 spiro atoms. The van der Waals surface area contributed by atoms with E-state index in [1.807, 2.05) is 30.3 Å². The Morgan fingerprint density at radius 1 is 1.19 bits per heavy atom. The monoisotopic (exact) mass is 370 g/mol. The molecule has 1 aromatic carbocycles. The maximum absolute atomic E-state index is 12.8. The van der Waals surface area contributed by atoms with E-state index in [0.717, 1.165) is 38.0 Å². The van der Waals surface area contributed by atoms with Gasteiger partial charge in [0, 0.05) is 25.0 Å². The van der Waals surface area contributed by atoms with Gasteiger partial charge in [0.1, 0.15) is 0 Å². The van der Waals surface area contributed by atoms with Crippen molar-refractivity contribution in [3.05, 3.63) is 47.5 Å². The molecule has 27 heavy (non-hydrogen) atoms. The number of hydrogen-bond acceptors (Lipinski definition) is 3. The highest BCUT2D eigenvalue weighted by molar-refractivity contribution is 5.81. The van der Waals surface area contributed by atoms with Crippen LogP contribution in [0, 0.1) is 11.3 Å². The van der Waals surface area contributed by atoms with E-state index in [2.05, 4.69) is 24.8 Å². The van der Waals surface area contributed by atoms with Crippen molar-refractivity contribution in [3.63, 3.8) is 0 Å². The van der Waals surface area contributed by atoms with E-state index in [1.165, 1.54) is 5.57 Å². The molecule has 3 rings (SSSR count). The summed E-state index contributed by atoms with van der Waals surface area (Å²) in [5.74, 6) is -1.18. The fourth-order valence-corrected chi connectivity index (χ4v) is 4.38. The molecule has 1 amide bonds. The summed E-state index contributed by atoms with van der Waals surface area (Å²) < 4.78 is 0. The highest BCUT2D eigenvalue weighted by atomic mass is 16.4. The number of allylic oxidation sites excluding steroid dienone is 1. The first kappa shape index (κ1) is 19.6. The second kappa shape index (κ2) is 8.26. The van der Waals surface area contributed by atoms with Crippen LogP contribution in [0.1, 0.15) is 32.3 Å². The van der Waals surface area contributed by atoms with Gasteiger partial charge in [-0.2, -0.15) is 0 Å². The van der Waals surface area contributed by atoms with E-state index in [1.54, 1.807) is 4.90 Å². The van der Waals surface area contributed by atoms with Crippen molar-refractivity contribution in [2.24, 2.45) is 11.3 Å². The largest absolute Gasteiger partial charge is 0.481 e. The number of piperidine rings is 1. The Labute approximate surface area is 161 Å². The van der Waals surface area contributed by atoms with Crippen molar-refractivity contribution < 1.29 is 14.7 Å². The molecule has 1 N–H and O–H groups in total. The molecule has 146 valence electrons. The average molecular weight is 370 g/mol. The number of carbonyl (C=O) groups is 2. The number of carboxylic acids is 1. The lowest BCUT2D eigenvalue weighted by Gasteiger charge is -2.41. The van der Waals surface area contributed by atoms with Crippen molar-refractivity contribution in [2.75, 3.05) is 32.7 Å². The van der Waals surface area contributed by atoms with Gasteiger partial charge in [0.2, 0.25) is 5.91 Å². The molecule has 2 fully saturated rings. The topological polar surface area (TPSA) is 60.9 Å². The Hall–Kier alpha value is -2.14. The zero-order valence-corrected chi connectivity index (χ0v) is 16.4. The van der Waals surface area contributed by atoms with Crippen LogP contribution in [-0.4, -0.2) is 59.5 Å². The number of benzene rings is 1. The first-order chi connectivity index (χ1) is 12.9. The van der Waals surface area contributed by atoms with Crippen molar-refractivity contribution in [2.45, 2.75) is 33.1 Å². The first-order valence-electron chi connectivity index (χ1n) is 9.80. The molecular formula is C22H30N2O3. The van der Waals surface area contributed by atoms with Crippen LogP contribution in [0.4, 0.5) is 0 Å². The van der Waals surface area contributed by atoms with Gasteiger partial charge in [-0.3, -0.25) is 14.5 Å². The summed E-state index contributed by atoms with van der Waals surface area (Å²) in [6.07, 6.45) is 4.25. The summed E-state index contributed by atoms with van der Waals surface area (Å²) in [4.78, 5) is 28.9. The predicted molar refractivity (Wildman–Crippen MR) is 105 cm³/mol. The van der Waals surface area contributed by atoms with Crippen LogP contribution in [0.3, 0.4) is 0 Å². The molecule has 0 bridgehead atoms. The molecule has 1 atom stereocenters. The van der Waals surface area contributed by atoms with Crippen LogP contribution in [0.25, 0.3) is 0 Å². The Bertz CT molecular complexity index is 702. The number of carbonyl (C=O) groups excluding carboxylic acids is 1. The Kier molecular flexibility index (Phi) is 6.00. The molecule has 1 aromatic rings. The maximum Gasteiger partial charge on any atom is 0.308 e. The van der Waals surface area contributed by atoms with Crippen LogP contribution in [-0.2, 0) is 16.0 Å². The zero-order chi connectivity index (χ0) is 19.4. The van der Waals surface area contributed by atoms with Gasteiger partial charge in [-0.15, -0.1) is 0 Å². The first-order valence-corrected chi connectivity index (χ1v) is 9.80. The molecule has 5 nitrogen and oxygen atoms in total. The fourth-order valence-electron chi connectivity index (χ4n) is 4.38. The van der Waals surface area contributed by atoms with Gasteiger partial charge < -0.3 is 10.0 Å². The zero-order valence-electron chi connectivity index (χ0n) is 16.4. The van der Waals surface area contributed by atoms with Gasteiger partial charge >= 0.3 is 5.97 Å². The number of carboxylic acid groups (broad SMARTS) is 1. The van der Waals surface area contributed by atoms with E-state index in [4.69, 9.17) is 0 Å². The van der Waals surface area contributed by atoms with Crippen LogP contribution in [0.15, 0.2) is 42.0 Å². The van der Waals surface area contributed by atoms with E-state index >= 15 is 0 Å². The van der Waals surface area contributed by atoms with Crippen LogP contribution >= 0.6 is 0 Å². The minimum atomic E-state index is -0.761. The minimum absolute atomic E-state index is 0.0382. The van der Waals surface area contributed by atoms with Crippen molar-refractivity contribution in [1.82, 2.24) is 9.80 Å². The smallest absolute Gasteiger partial charge is 0.308 e. The number of rotatable bonds is 5. The Morgan fingerprint density at radius 2 is 1.85 bits per heavy atom. The van der Waals surface area contributed by atoms with E-state index < -0.39 is 11.9 Å². The molecule has 0 aromatic heterocycles. The van der Waals surface area contributed by atoms with E-state index in [9.17, 15) is 14.7 Å². The summed E-state index contributed by atoms with van der Waals surface area (Å²) in [7, 11) is 0. The third-order valence-electron chi connectivity index (χ3n) is 6.11. The third-order valence-corrected chi connectivity index (χ3v) is 6.11. The molecule has 2 aliphatic heterocycles. The summed E-state index contributed by atoms with van der Waals surface area (Å²) in [5, 5.41) is 9.80. The number of amides is 1. The summed E-state index contributed by atoms with van der Waals surface area (Å²) >= 11 is 0. The number of aliphatic carboxylic acids is 1. The number of nitrogens with zero attached hydrogens (tertiary/aromatic N) is 2. The lowest BCUT2D eigenvalue weighted by Crippen LogP contribution is -2.46. The molecule has 2 saturated heterocycles. The van der Waals surface area contributed by atoms with E-state index in [0.29, 0.717) is 19.5 Å². The molecule has 1 unspecified atom stereocenters. The minimum Gasteiger partial charge on any atom is -0.481 e. The third kappa shape index (κ3) is 4.59. The molecule has 0 radical (unpaired) electrons. The molecular weight excluding hydrogens is 340 g/mol. The van der Waals surface area contributed by atoms with Crippen LogP contribution < -0.4 is 0 Å². The second-order valence-corrected chi connectivity index (χ2v) is 8.27. The lowest BCUT2D eigenvalue weighted by atomic mass is 9.71. The van der Waals surface area contributed by atoms with E-state index in [-0.39, 0.29) is 11.3 Å². The van der Waals surface area contributed by atoms with Crippen molar-refractivity contribution in [3.8, 4) is 0 Å². The summed E-state index contributed by atoms with van der Waals surface area (Å²) in [6, 6.07) is 9.68. The van der Waals surface area contributed by atoms with Gasteiger partial charge in [0.15, 0.2) is 0 Å². The molecule has 0 aliphatic carbocycles. The van der Waals surface area contributed by atoms with Gasteiger partial charge in [0.25, 0.3) is 0 Å². The highest BCUT2D eigenvalue weighted by Gasteiger charge is 2.52. The van der Waals surface area contributed by atoms with Crippen LogP contribution in [0.5, 0.6) is 0 Å². The number of hydrogen-bond donors (Lipinski definition) is 1. The summed E-state index contributed by atoms with van der Waals surface area (Å²) in [5.41, 5.74) is 2.00. The quantitative estimate of drug-likeness (QED) is 0.810. The maximum atomic E-state index is 12.8.